The lowest BCUT2D eigenvalue weighted by molar-refractivity contribution is 0.0497. The smallest absolute Gasteiger partial charge is 0.335 e. The molecular weight excluding hydrogens is 300 g/mol. The molecule has 1 fully saturated rings. The number of carboxylic acid groups (broad SMARTS) is 1. The number of ether oxygens (including phenoxy) is 2. The van der Waals surface area contributed by atoms with Gasteiger partial charge < -0.3 is 14.6 Å². The zero-order valence-corrected chi connectivity index (χ0v) is 11.5. The van der Waals surface area contributed by atoms with Gasteiger partial charge in [0.1, 0.15) is 5.75 Å². The molecule has 0 atom stereocenters. The fraction of sp³-hybridized carbons (Fsp3) is 0.462. The first kappa shape index (κ1) is 13.4. The Morgan fingerprint density at radius 2 is 2.11 bits per heavy atom. The second-order valence-electron chi connectivity index (χ2n) is 4.35. The van der Waals surface area contributed by atoms with Crippen molar-refractivity contribution in [2.75, 3.05) is 19.8 Å². The first-order valence-corrected chi connectivity index (χ1v) is 6.69. The molecule has 1 N–H and O–H groups in total. The lowest BCUT2D eigenvalue weighted by Crippen LogP contribution is -2.21. The zero-order chi connectivity index (χ0) is 13.0. The minimum Gasteiger partial charge on any atom is -0.493 e. The SMILES string of the molecule is O=C(O)c1cc(Br)cc(OCC2CCOCC2)c1. The lowest BCUT2D eigenvalue weighted by Gasteiger charge is -2.22. The van der Waals surface area contributed by atoms with Crippen molar-refractivity contribution >= 4 is 21.9 Å². The van der Waals surface area contributed by atoms with Crippen LogP contribution in [0.1, 0.15) is 23.2 Å². The Hall–Kier alpha value is -1.07. The highest BCUT2D eigenvalue weighted by Gasteiger charge is 2.15. The summed E-state index contributed by atoms with van der Waals surface area (Å²) in [6, 6.07) is 4.89. The molecule has 1 heterocycles. The van der Waals surface area contributed by atoms with Crippen molar-refractivity contribution in [3.05, 3.63) is 28.2 Å². The second-order valence-corrected chi connectivity index (χ2v) is 5.26. The van der Waals surface area contributed by atoms with Gasteiger partial charge in [0.25, 0.3) is 0 Å². The van der Waals surface area contributed by atoms with Gasteiger partial charge in [-0.15, -0.1) is 0 Å². The summed E-state index contributed by atoms with van der Waals surface area (Å²) in [5.74, 6) is 0.131. The maximum absolute atomic E-state index is 10.9. The van der Waals surface area contributed by atoms with Gasteiger partial charge in [0.15, 0.2) is 0 Å². The predicted octanol–water partition coefficient (Wildman–Crippen LogP) is 2.95. The molecule has 1 saturated heterocycles. The normalized spacial score (nSPS) is 16.5. The van der Waals surface area contributed by atoms with Crippen molar-refractivity contribution in [2.24, 2.45) is 5.92 Å². The van der Waals surface area contributed by atoms with Crippen LogP contribution in [0.15, 0.2) is 22.7 Å². The summed E-state index contributed by atoms with van der Waals surface area (Å²) in [6.07, 6.45) is 2.00. The summed E-state index contributed by atoms with van der Waals surface area (Å²) in [4.78, 5) is 10.9. The van der Waals surface area contributed by atoms with Crippen molar-refractivity contribution in [2.45, 2.75) is 12.8 Å². The largest absolute Gasteiger partial charge is 0.493 e. The van der Waals surface area contributed by atoms with Crippen molar-refractivity contribution < 1.29 is 19.4 Å². The van der Waals surface area contributed by atoms with E-state index >= 15 is 0 Å². The Balaban J connectivity index is 1.97. The van der Waals surface area contributed by atoms with E-state index in [9.17, 15) is 4.79 Å². The topological polar surface area (TPSA) is 55.8 Å². The lowest BCUT2D eigenvalue weighted by atomic mass is 10.0. The van der Waals surface area contributed by atoms with Gasteiger partial charge in [-0.2, -0.15) is 0 Å². The molecule has 4 nitrogen and oxygen atoms in total. The standard InChI is InChI=1S/C13H15BrO4/c14-11-5-10(13(15)16)6-12(7-11)18-8-9-1-3-17-4-2-9/h5-7,9H,1-4,8H2,(H,15,16). The van der Waals surface area contributed by atoms with Crippen LogP contribution < -0.4 is 4.74 Å². The van der Waals surface area contributed by atoms with Crippen LogP contribution in [0.5, 0.6) is 5.75 Å². The molecule has 2 rings (SSSR count). The summed E-state index contributed by atoms with van der Waals surface area (Å²) in [5.41, 5.74) is 0.228. The molecule has 0 amide bonds. The van der Waals surface area contributed by atoms with Gasteiger partial charge in [-0.05, 0) is 37.0 Å². The van der Waals surface area contributed by atoms with Crippen molar-refractivity contribution in [1.29, 1.82) is 0 Å². The monoisotopic (exact) mass is 314 g/mol. The van der Waals surface area contributed by atoms with E-state index in [0.717, 1.165) is 26.1 Å². The van der Waals surface area contributed by atoms with E-state index in [4.69, 9.17) is 14.6 Å². The number of halogens is 1. The second kappa shape index (κ2) is 6.20. The minimum absolute atomic E-state index is 0.228. The molecule has 1 aliphatic rings. The summed E-state index contributed by atoms with van der Waals surface area (Å²) < 4.78 is 11.7. The van der Waals surface area contributed by atoms with Crippen LogP contribution in [0.2, 0.25) is 0 Å². The number of carboxylic acids is 1. The summed E-state index contributed by atoms with van der Waals surface area (Å²) in [7, 11) is 0. The molecule has 1 aromatic carbocycles. The quantitative estimate of drug-likeness (QED) is 0.928. The predicted molar refractivity (Wildman–Crippen MR) is 70.1 cm³/mol. The third kappa shape index (κ3) is 3.71. The Bertz CT molecular complexity index is 427. The minimum atomic E-state index is -0.952. The van der Waals surface area contributed by atoms with Crippen LogP contribution in [0.25, 0.3) is 0 Å². The van der Waals surface area contributed by atoms with Crippen LogP contribution in [-0.4, -0.2) is 30.9 Å². The highest BCUT2D eigenvalue weighted by Crippen LogP contribution is 2.23. The third-order valence-electron chi connectivity index (χ3n) is 2.94. The first-order valence-electron chi connectivity index (χ1n) is 5.89. The van der Waals surface area contributed by atoms with Gasteiger partial charge in [-0.3, -0.25) is 0 Å². The number of benzene rings is 1. The van der Waals surface area contributed by atoms with E-state index in [2.05, 4.69) is 15.9 Å². The number of carbonyl (C=O) groups is 1. The van der Waals surface area contributed by atoms with Crippen LogP contribution >= 0.6 is 15.9 Å². The molecule has 0 aliphatic carbocycles. The van der Waals surface area contributed by atoms with E-state index in [1.54, 1.807) is 18.2 Å². The molecule has 1 aliphatic heterocycles. The molecule has 18 heavy (non-hydrogen) atoms. The van der Waals surface area contributed by atoms with Crippen LogP contribution in [0.3, 0.4) is 0 Å². The molecule has 0 bridgehead atoms. The van der Waals surface area contributed by atoms with E-state index in [0.29, 0.717) is 22.7 Å². The van der Waals surface area contributed by atoms with Crippen molar-refractivity contribution in [3.8, 4) is 5.75 Å². The van der Waals surface area contributed by atoms with Crippen molar-refractivity contribution in [1.82, 2.24) is 0 Å². The van der Waals surface area contributed by atoms with Crippen LogP contribution in [0.4, 0.5) is 0 Å². The Labute approximate surface area is 114 Å². The van der Waals surface area contributed by atoms with Gasteiger partial charge >= 0.3 is 5.97 Å². The summed E-state index contributed by atoms with van der Waals surface area (Å²) in [5, 5.41) is 8.96. The average Bonchev–Trinajstić information content (AvgIpc) is 2.37. The van der Waals surface area contributed by atoms with Gasteiger partial charge in [0.2, 0.25) is 0 Å². The van der Waals surface area contributed by atoms with Gasteiger partial charge in [-0.1, -0.05) is 15.9 Å². The van der Waals surface area contributed by atoms with Gasteiger partial charge in [0.05, 0.1) is 12.2 Å². The number of rotatable bonds is 4. The van der Waals surface area contributed by atoms with E-state index < -0.39 is 5.97 Å². The third-order valence-corrected chi connectivity index (χ3v) is 3.40. The highest BCUT2D eigenvalue weighted by molar-refractivity contribution is 9.10. The Kier molecular flexibility index (Phi) is 4.60. The zero-order valence-electron chi connectivity index (χ0n) is 9.89. The molecule has 98 valence electrons. The Morgan fingerprint density at radius 3 is 2.78 bits per heavy atom. The number of hydrogen-bond donors (Lipinski definition) is 1. The van der Waals surface area contributed by atoms with E-state index in [-0.39, 0.29) is 5.56 Å². The van der Waals surface area contributed by atoms with Crippen LogP contribution in [0, 0.1) is 5.92 Å². The number of hydrogen-bond acceptors (Lipinski definition) is 3. The molecule has 5 heteroatoms. The number of aromatic carboxylic acids is 1. The van der Waals surface area contributed by atoms with Crippen LogP contribution in [-0.2, 0) is 4.74 Å². The van der Waals surface area contributed by atoms with Gasteiger partial charge in [0, 0.05) is 17.7 Å². The van der Waals surface area contributed by atoms with Crippen molar-refractivity contribution in [3.63, 3.8) is 0 Å². The molecule has 0 aromatic heterocycles. The maximum Gasteiger partial charge on any atom is 0.335 e. The molecule has 0 radical (unpaired) electrons. The highest BCUT2D eigenvalue weighted by atomic mass is 79.9. The average molecular weight is 315 g/mol. The van der Waals surface area contributed by atoms with E-state index in [1.807, 2.05) is 0 Å². The molecular formula is C13H15BrO4. The molecule has 0 unspecified atom stereocenters. The molecule has 0 saturated carbocycles. The fourth-order valence-corrected chi connectivity index (χ4v) is 2.37. The van der Waals surface area contributed by atoms with E-state index in [1.165, 1.54) is 0 Å². The van der Waals surface area contributed by atoms with Gasteiger partial charge in [-0.25, -0.2) is 4.79 Å². The Morgan fingerprint density at radius 1 is 1.39 bits per heavy atom. The summed E-state index contributed by atoms with van der Waals surface area (Å²) >= 11 is 3.28. The molecule has 1 aromatic rings. The summed E-state index contributed by atoms with van der Waals surface area (Å²) in [6.45, 7) is 2.18. The molecule has 0 spiro atoms. The first-order chi connectivity index (χ1) is 8.65. The maximum atomic E-state index is 10.9. The fourth-order valence-electron chi connectivity index (χ4n) is 1.90.